The van der Waals surface area contributed by atoms with E-state index in [1.807, 2.05) is 42.6 Å². The molecule has 88 valence electrons. The number of aromatic hydroxyl groups is 1. The maximum absolute atomic E-state index is 9.30. The third kappa shape index (κ3) is 1.98. The molecule has 0 radical (unpaired) electrons. The first-order valence-electron chi connectivity index (χ1n) is 5.72. The number of benzene rings is 2. The Morgan fingerprint density at radius 1 is 0.944 bits per heavy atom. The van der Waals surface area contributed by atoms with E-state index in [0.29, 0.717) is 0 Å². The number of aliphatic imine (C=N–C) groups is 1. The van der Waals surface area contributed by atoms with E-state index in [1.165, 1.54) is 0 Å². The highest BCUT2D eigenvalue weighted by Gasteiger charge is 2.07. The number of nitrogens with one attached hydrogen (secondary N) is 1. The Bertz CT molecular complexity index is 627. The molecule has 0 aliphatic carbocycles. The standard InChI is InChI=1S/C15H12N2O/c18-13-7-5-11(6-8-13)15-10-16-9-12-3-1-2-4-14(12)17-15/h1-10,17-18H. The fraction of sp³-hybridized carbons (Fsp3) is 0. The van der Waals surface area contributed by atoms with Crippen molar-refractivity contribution >= 4 is 17.6 Å². The van der Waals surface area contributed by atoms with E-state index in [4.69, 9.17) is 0 Å². The number of hydrogen-bond donors (Lipinski definition) is 2. The van der Waals surface area contributed by atoms with Crippen LogP contribution in [0.15, 0.2) is 59.7 Å². The Morgan fingerprint density at radius 2 is 1.72 bits per heavy atom. The molecule has 0 unspecified atom stereocenters. The number of hydrogen-bond acceptors (Lipinski definition) is 3. The van der Waals surface area contributed by atoms with Crippen LogP contribution in [0.2, 0.25) is 0 Å². The third-order valence-electron chi connectivity index (χ3n) is 2.83. The van der Waals surface area contributed by atoms with Crippen LogP contribution in [0.3, 0.4) is 0 Å². The molecule has 2 aromatic carbocycles. The molecule has 2 aromatic rings. The number of phenols is 1. The fourth-order valence-corrected chi connectivity index (χ4v) is 1.88. The molecule has 3 rings (SSSR count). The van der Waals surface area contributed by atoms with Gasteiger partial charge >= 0.3 is 0 Å². The monoisotopic (exact) mass is 236 g/mol. The molecule has 0 saturated carbocycles. The first kappa shape index (κ1) is 10.6. The molecule has 2 N–H and O–H groups in total. The molecule has 0 spiro atoms. The normalized spacial score (nSPS) is 13.2. The Labute approximate surface area is 105 Å². The summed E-state index contributed by atoms with van der Waals surface area (Å²) in [7, 11) is 0. The van der Waals surface area contributed by atoms with Crippen molar-refractivity contribution in [3.63, 3.8) is 0 Å². The number of nitrogens with zero attached hydrogens (tertiary/aromatic N) is 1. The number of fused-ring (bicyclic) bond motifs is 1. The van der Waals surface area contributed by atoms with E-state index in [-0.39, 0.29) is 5.75 Å². The van der Waals surface area contributed by atoms with Gasteiger partial charge < -0.3 is 10.4 Å². The van der Waals surface area contributed by atoms with Crippen LogP contribution in [0.1, 0.15) is 11.1 Å². The van der Waals surface area contributed by atoms with Crippen LogP contribution >= 0.6 is 0 Å². The van der Waals surface area contributed by atoms with Crippen LogP contribution < -0.4 is 5.32 Å². The van der Waals surface area contributed by atoms with Crippen LogP contribution in [-0.4, -0.2) is 11.3 Å². The van der Waals surface area contributed by atoms with Gasteiger partial charge in [0.25, 0.3) is 0 Å². The van der Waals surface area contributed by atoms with Gasteiger partial charge in [-0.1, -0.05) is 18.2 Å². The Hall–Kier alpha value is -2.55. The molecule has 0 amide bonds. The minimum absolute atomic E-state index is 0.261. The smallest absolute Gasteiger partial charge is 0.115 e. The van der Waals surface area contributed by atoms with Gasteiger partial charge in [-0.3, -0.25) is 4.99 Å². The summed E-state index contributed by atoms with van der Waals surface area (Å²) in [6.07, 6.45) is 3.61. The van der Waals surface area contributed by atoms with E-state index in [1.54, 1.807) is 18.3 Å². The van der Waals surface area contributed by atoms with E-state index >= 15 is 0 Å². The van der Waals surface area contributed by atoms with Crippen molar-refractivity contribution < 1.29 is 5.11 Å². The summed E-state index contributed by atoms with van der Waals surface area (Å²) in [5.74, 6) is 0.261. The van der Waals surface area contributed by atoms with E-state index in [9.17, 15) is 5.11 Å². The van der Waals surface area contributed by atoms with Crippen molar-refractivity contribution in [1.82, 2.24) is 0 Å². The summed E-state index contributed by atoms with van der Waals surface area (Å²) in [6, 6.07) is 15.0. The van der Waals surface area contributed by atoms with Gasteiger partial charge in [0, 0.05) is 17.5 Å². The lowest BCUT2D eigenvalue weighted by molar-refractivity contribution is 0.475. The van der Waals surface area contributed by atoms with Gasteiger partial charge in [0.05, 0.1) is 11.9 Å². The summed E-state index contributed by atoms with van der Waals surface area (Å²) < 4.78 is 0. The van der Waals surface area contributed by atoms with Gasteiger partial charge in [-0.05, 0) is 35.9 Å². The summed E-state index contributed by atoms with van der Waals surface area (Å²) in [5.41, 5.74) is 3.98. The second kappa shape index (κ2) is 4.37. The molecule has 0 aromatic heterocycles. The quantitative estimate of drug-likeness (QED) is 0.798. The van der Waals surface area contributed by atoms with Crippen molar-refractivity contribution in [2.45, 2.75) is 0 Å². The zero-order chi connectivity index (χ0) is 12.4. The number of phenolic OH excluding ortho intramolecular Hbond substituents is 1. The van der Waals surface area contributed by atoms with Crippen LogP contribution in [-0.2, 0) is 0 Å². The molecule has 0 saturated heterocycles. The van der Waals surface area contributed by atoms with E-state index in [0.717, 1.165) is 22.5 Å². The maximum atomic E-state index is 9.30. The minimum atomic E-state index is 0.261. The van der Waals surface area contributed by atoms with E-state index in [2.05, 4.69) is 10.3 Å². The largest absolute Gasteiger partial charge is 0.508 e. The molecule has 0 atom stereocenters. The molecular weight excluding hydrogens is 224 g/mol. The van der Waals surface area contributed by atoms with Crippen LogP contribution in [0.5, 0.6) is 5.75 Å². The van der Waals surface area contributed by atoms with Crippen LogP contribution in [0.25, 0.3) is 5.70 Å². The Morgan fingerprint density at radius 3 is 2.56 bits per heavy atom. The summed E-state index contributed by atoms with van der Waals surface area (Å²) in [5, 5.41) is 12.6. The molecule has 0 fully saturated rings. The van der Waals surface area contributed by atoms with Crippen molar-refractivity contribution in [3.05, 3.63) is 65.9 Å². The van der Waals surface area contributed by atoms with Gasteiger partial charge in [0.15, 0.2) is 0 Å². The number of rotatable bonds is 1. The van der Waals surface area contributed by atoms with E-state index < -0.39 is 0 Å². The Kier molecular flexibility index (Phi) is 2.57. The fourth-order valence-electron chi connectivity index (χ4n) is 1.88. The van der Waals surface area contributed by atoms with Gasteiger partial charge in [-0.25, -0.2) is 0 Å². The highest BCUT2D eigenvalue weighted by molar-refractivity contribution is 5.94. The lowest BCUT2D eigenvalue weighted by Gasteiger charge is -2.10. The lowest BCUT2D eigenvalue weighted by Crippen LogP contribution is -1.99. The molecule has 3 nitrogen and oxygen atoms in total. The first-order valence-corrected chi connectivity index (χ1v) is 5.72. The molecule has 1 heterocycles. The topological polar surface area (TPSA) is 44.6 Å². The molecule has 18 heavy (non-hydrogen) atoms. The lowest BCUT2D eigenvalue weighted by atomic mass is 10.1. The second-order valence-corrected chi connectivity index (χ2v) is 4.08. The van der Waals surface area contributed by atoms with Crippen molar-refractivity contribution in [3.8, 4) is 5.75 Å². The molecule has 1 aliphatic heterocycles. The summed E-state index contributed by atoms with van der Waals surface area (Å²) in [4.78, 5) is 4.28. The van der Waals surface area contributed by atoms with Gasteiger partial charge in [0.2, 0.25) is 0 Å². The maximum Gasteiger partial charge on any atom is 0.115 e. The van der Waals surface area contributed by atoms with Crippen LogP contribution in [0, 0.1) is 0 Å². The average molecular weight is 236 g/mol. The van der Waals surface area contributed by atoms with Crippen LogP contribution in [0.4, 0.5) is 5.69 Å². The zero-order valence-electron chi connectivity index (χ0n) is 9.67. The van der Waals surface area contributed by atoms with Gasteiger partial charge in [-0.2, -0.15) is 0 Å². The van der Waals surface area contributed by atoms with Gasteiger partial charge in [-0.15, -0.1) is 0 Å². The van der Waals surface area contributed by atoms with Gasteiger partial charge in [0.1, 0.15) is 5.75 Å². The molecule has 0 bridgehead atoms. The minimum Gasteiger partial charge on any atom is -0.508 e. The molecule has 3 heteroatoms. The van der Waals surface area contributed by atoms with Crippen molar-refractivity contribution in [1.29, 1.82) is 0 Å². The second-order valence-electron chi connectivity index (χ2n) is 4.08. The number of para-hydroxylation sites is 1. The number of anilines is 1. The Balaban J connectivity index is 1.99. The SMILES string of the molecule is Oc1ccc(C2=CN=Cc3ccccc3N2)cc1. The average Bonchev–Trinajstić information content (AvgIpc) is 2.61. The zero-order valence-corrected chi connectivity index (χ0v) is 9.67. The highest BCUT2D eigenvalue weighted by Crippen LogP contribution is 2.24. The predicted molar refractivity (Wildman–Crippen MR) is 73.7 cm³/mol. The molecule has 1 aliphatic rings. The molecular formula is C15H12N2O. The first-order chi connectivity index (χ1) is 8.83. The van der Waals surface area contributed by atoms with Crippen molar-refractivity contribution in [2.24, 2.45) is 4.99 Å². The summed E-state index contributed by atoms with van der Waals surface area (Å²) in [6.45, 7) is 0. The summed E-state index contributed by atoms with van der Waals surface area (Å²) >= 11 is 0. The van der Waals surface area contributed by atoms with Crippen molar-refractivity contribution in [2.75, 3.05) is 5.32 Å². The predicted octanol–water partition coefficient (Wildman–Crippen LogP) is 3.24. The third-order valence-corrected chi connectivity index (χ3v) is 2.83. The highest BCUT2D eigenvalue weighted by atomic mass is 16.3.